The molecule has 1 aromatic heterocycles. The van der Waals surface area contributed by atoms with E-state index < -0.39 is 37.1 Å². The number of hydrogen-bond acceptors (Lipinski definition) is 7. The summed E-state index contributed by atoms with van der Waals surface area (Å²) >= 11 is 0. The minimum atomic E-state index is -1.27. The van der Waals surface area contributed by atoms with Gasteiger partial charge in [0, 0.05) is 0 Å². The van der Waals surface area contributed by atoms with Crippen LogP contribution in [0.4, 0.5) is 0 Å². The minimum Gasteiger partial charge on any atom is -0.394 e. The van der Waals surface area contributed by atoms with Crippen molar-refractivity contribution in [3.63, 3.8) is 0 Å². The van der Waals surface area contributed by atoms with E-state index in [1.165, 1.54) is 0 Å². The van der Waals surface area contributed by atoms with Crippen molar-refractivity contribution in [1.29, 1.82) is 0 Å². The molecule has 0 saturated carbocycles. The molecule has 0 radical (unpaired) electrons. The van der Waals surface area contributed by atoms with Crippen LogP contribution in [0.25, 0.3) is 0 Å². The number of primary amides is 1. The molecule has 2 rings (SSSR count). The second kappa shape index (κ2) is 4.37. The van der Waals surface area contributed by atoms with E-state index in [4.69, 9.17) is 15.6 Å². The largest absolute Gasteiger partial charge is 0.394 e. The van der Waals surface area contributed by atoms with Crippen LogP contribution in [0, 0.1) is 0 Å². The number of carbonyl (C=O) groups is 1. The SMILES string of the molecule is NC(=O)c1ncn([C@@H]2OC(CO)[C@H](O)[C@@H]2O)n1. The van der Waals surface area contributed by atoms with Crippen molar-refractivity contribution in [2.45, 2.75) is 24.5 Å². The van der Waals surface area contributed by atoms with Gasteiger partial charge in [0.05, 0.1) is 6.61 Å². The van der Waals surface area contributed by atoms with Gasteiger partial charge in [0.15, 0.2) is 6.23 Å². The maximum atomic E-state index is 10.8. The van der Waals surface area contributed by atoms with Gasteiger partial charge in [0.25, 0.3) is 5.91 Å². The van der Waals surface area contributed by atoms with Crippen LogP contribution in [-0.4, -0.2) is 60.9 Å². The highest BCUT2D eigenvalue weighted by atomic mass is 16.6. The summed E-state index contributed by atoms with van der Waals surface area (Å²) in [6.07, 6.45) is -3.26. The van der Waals surface area contributed by atoms with Crippen molar-refractivity contribution in [3.05, 3.63) is 12.2 Å². The van der Waals surface area contributed by atoms with E-state index in [0.29, 0.717) is 0 Å². The van der Waals surface area contributed by atoms with Crippen LogP contribution in [0.3, 0.4) is 0 Å². The molecular formula is C8H12N4O5. The fraction of sp³-hybridized carbons (Fsp3) is 0.625. The van der Waals surface area contributed by atoms with E-state index in [2.05, 4.69) is 10.1 Å². The number of nitrogens with zero attached hydrogens (tertiary/aromatic N) is 3. The Labute approximate surface area is 95.4 Å². The Morgan fingerprint density at radius 2 is 2.24 bits per heavy atom. The molecular weight excluding hydrogens is 232 g/mol. The lowest BCUT2D eigenvalue weighted by Gasteiger charge is -2.13. The highest BCUT2D eigenvalue weighted by molar-refractivity contribution is 5.88. The molecule has 9 heteroatoms. The molecule has 5 N–H and O–H groups in total. The molecule has 1 unspecified atom stereocenters. The first kappa shape index (κ1) is 11.9. The van der Waals surface area contributed by atoms with Crippen molar-refractivity contribution in [3.8, 4) is 0 Å². The molecule has 1 amide bonds. The monoisotopic (exact) mass is 244 g/mol. The number of aromatic nitrogens is 3. The maximum Gasteiger partial charge on any atom is 0.288 e. The standard InChI is InChI=1S/C8H12N4O5/c9-6(16)7-10-2-12(11-7)8-5(15)4(14)3(1-13)17-8/h2-5,8,13-15H,1H2,(H2,9,16)/t3?,4-,5-,8+/m0/s1. The first-order valence-corrected chi connectivity index (χ1v) is 4.88. The highest BCUT2D eigenvalue weighted by Crippen LogP contribution is 2.28. The number of ether oxygens (including phenoxy) is 1. The molecule has 1 aromatic rings. The average Bonchev–Trinajstić information content (AvgIpc) is 2.87. The molecule has 4 atom stereocenters. The first-order valence-electron chi connectivity index (χ1n) is 4.88. The lowest BCUT2D eigenvalue weighted by Crippen LogP contribution is -2.33. The third kappa shape index (κ3) is 2.00. The van der Waals surface area contributed by atoms with E-state index in [1.54, 1.807) is 0 Å². The lowest BCUT2D eigenvalue weighted by atomic mass is 10.1. The van der Waals surface area contributed by atoms with Crippen LogP contribution >= 0.6 is 0 Å². The van der Waals surface area contributed by atoms with Gasteiger partial charge in [-0.25, -0.2) is 9.67 Å². The van der Waals surface area contributed by atoms with Crippen molar-refractivity contribution >= 4 is 5.91 Å². The summed E-state index contributed by atoms with van der Waals surface area (Å²) in [7, 11) is 0. The number of hydrogen-bond donors (Lipinski definition) is 4. The van der Waals surface area contributed by atoms with Gasteiger partial charge in [0.2, 0.25) is 5.82 Å². The first-order chi connectivity index (χ1) is 8.04. The summed E-state index contributed by atoms with van der Waals surface area (Å²) in [6.45, 7) is -0.438. The molecule has 1 aliphatic rings. The number of nitrogens with two attached hydrogens (primary N) is 1. The number of aliphatic hydroxyl groups is 3. The second-order valence-electron chi connectivity index (χ2n) is 3.64. The average molecular weight is 244 g/mol. The van der Waals surface area contributed by atoms with Gasteiger partial charge in [0.1, 0.15) is 24.6 Å². The number of aliphatic hydroxyl groups excluding tert-OH is 3. The normalized spacial score (nSPS) is 32.9. The fourth-order valence-corrected chi connectivity index (χ4v) is 1.61. The third-order valence-electron chi connectivity index (χ3n) is 2.51. The molecule has 9 nitrogen and oxygen atoms in total. The molecule has 0 aliphatic carbocycles. The van der Waals surface area contributed by atoms with Gasteiger partial charge >= 0.3 is 0 Å². The van der Waals surface area contributed by atoms with Gasteiger partial charge in [-0.15, -0.1) is 5.10 Å². The summed E-state index contributed by atoms with van der Waals surface area (Å²) in [6, 6.07) is 0. The molecule has 2 heterocycles. The molecule has 1 saturated heterocycles. The summed E-state index contributed by atoms with van der Waals surface area (Å²) < 4.78 is 6.25. The van der Waals surface area contributed by atoms with Gasteiger partial charge in [-0.05, 0) is 0 Å². The van der Waals surface area contributed by atoms with Crippen LogP contribution in [0.2, 0.25) is 0 Å². The summed E-state index contributed by atoms with van der Waals surface area (Å²) in [5, 5.41) is 31.8. The summed E-state index contributed by atoms with van der Waals surface area (Å²) in [5.74, 6) is -1.03. The third-order valence-corrected chi connectivity index (χ3v) is 2.51. The fourth-order valence-electron chi connectivity index (χ4n) is 1.61. The molecule has 0 aromatic carbocycles. The zero-order valence-corrected chi connectivity index (χ0v) is 8.67. The van der Waals surface area contributed by atoms with Crippen LogP contribution in [0.5, 0.6) is 0 Å². The number of carbonyl (C=O) groups excluding carboxylic acids is 1. The molecule has 94 valence electrons. The Kier molecular flexibility index (Phi) is 3.07. The molecule has 0 spiro atoms. The van der Waals surface area contributed by atoms with Crippen LogP contribution in [0.15, 0.2) is 6.33 Å². The zero-order valence-electron chi connectivity index (χ0n) is 8.67. The van der Waals surface area contributed by atoms with E-state index in [0.717, 1.165) is 11.0 Å². The van der Waals surface area contributed by atoms with Gasteiger partial charge in [-0.3, -0.25) is 4.79 Å². The lowest BCUT2D eigenvalue weighted by molar-refractivity contribution is -0.0588. The van der Waals surface area contributed by atoms with Crippen LogP contribution < -0.4 is 5.73 Å². The number of rotatable bonds is 3. The molecule has 17 heavy (non-hydrogen) atoms. The number of amides is 1. The van der Waals surface area contributed by atoms with E-state index >= 15 is 0 Å². The van der Waals surface area contributed by atoms with Crippen LogP contribution in [0.1, 0.15) is 16.8 Å². The Hall–Kier alpha value is -1.55. The quantitative estimate of drug-likeness (QED) is 0.443. The van der Waals surface area contributed by atoms with E-state index in [1.807, 2.05) is 0 Å². The van der Waals surface area contributed by atoms with Crippen molar-refractivity contribution in [1.82, 2.24) is 14.8 Å². The van der Waals surface area contributed by atoms with Gasteiger partial charge in [-0.2, -0.15) is 0 Å². The molecule has 1 fully saturated rings. The maximum absolute atomic E-state index is 10.8. The highest BCUT2D eigenvalue weighted by Gasteiger charge is 2.43. The Bertz CT molecular complexity index is 422. The molecule has 0 bridgehead atoms. The van der Waals surface area contributed by atoms with Gasteiger partial charge in [-0.1, -0.05) is 0 Å². The van der Waals surface area contributed by atoms with Gasteiger partial charge < -0.3 is 25.8 Å². The van der Waals surface area contributed by atoms with Crippen molar-refractivity contribution in [2.24, 2.45) is 5.73 Å². The predicted octanol–water partition coefficient (Wildman–Crippen LogP) is -3.01. The zero-order chi connectivity index (χ0) is 12.6. The summed E-state index contributed by atoms with van der Waals surface area (Å²) in [4.78, 5) is 14.4. The van der Waals surface area contributed by atoms with E-state index in [-0.39, 0.29) is 5.82 Å². The second-order valence-corrected chi connectivity index (χ2v) is 3.64. The topological polar surface area (TPSA) is 144 Å². The summed E-state index contributed by atoms with van der Waals surface area (Å²) in [5.41, 5.74) is 4.97. The Balaban J connectivity index is 2.19. The van der Waals surface area contributed by atoms with Crippen LogP contribution in [-0.2, 0) is 4.74 Å². The van der Waals surface area contributed by atoms with E-state index in [9.17, 15) is 15.0 Å². The van der Waals surface area contributed by atoms with Crippen molar-refractivity contribution in [2.75, 3.05) is 6.61 Å². The molecule has 1 aliphatic heterocycles. The predicted molar refractivity (Wildman–Crippen MR) is 51.5 cm³/mol. The minimum absolute atomic E-state index is 0.220. The Morgan fingerprint density at radius 3 is 2.71 bits per heavy atom. The van der Waals surface area contributed by atoms with Crippen molar-refractivity contribution < 1.29 is 24.9 Å². The Morgan fingerprint density at radius 1 is 1.53 bits per heavy atom. The smallest absolute Gasteiger partial charge is 0.288 e.